The molecule has 21 heavy (non-hydrogen) atoms. The van der Waals surface area contributed by atoms with Crippen LogP contribution in [-0.4, -0.2) is 17.9 Å². The summed E-state index contributed by atoms with van der Waals surface area (Å²) in [5, 5.41) is 0.545. The Balaban J connectivity index is 2.23. The number of aryl methyl sites for hydroxylation is 1. The van der Waals surface area contributed by atoms with Crippen LogP contribution in [0, 0.1) is 6.92 Å². The zero-order chi connectivity index (χ0) is 15.6. The van der Waals surface area contributed by atoms with Crippen LogP contribution in [-0.2, 0) is 0 Å². The summed E-state index contributed by atoms with van der Waals surface area (Å²) in [5.74, 6) is -0.0497. The molecule has 0 aliphatic rings. The van der Waals surface area contributed by atoms with E-state index >= 15 is 0 Å². The zero-order valence-corrected chi connectivity index (χ0v) is 14.6. The van der Waals surface area contributed by atoms with E-state index in [4.69, 9.17) is 11.6 Å². The van der Waals surface area contributed by atoms with Crippen molar-refractivity contribution in [2.45, 2.75) is 19.9 Å². The minimum Gasteiger partial charge on any atom is -0.335 e. The standard InChI is InChI=1S/C17H17BrClNO/c1-11-4-6-13(7-5-11)12(2)20(3)17(21)14-8-15(18)10-16(19)9-14/h4-10,12H,1-3H3. The van der Waals surface area contributed by atoms with Crippen LogP contribution in [0.1, 0.15) is 34.5 Å². The van der Waals surface area contributed by atoms with Gasteiger partial charge in [0.1, 0.15) is 0 Å². The summed E-state index contributed by atoms with van der Waals surface area (Å²) in [4.78, 5) is 14.3. The summed E-state index contributed by atoms with van der Waals surface area (Å²) in [6, 6.07) is 13.5. The topological polar surface area (TPSA) is 20.3 Å². The van der Waals surface area contributed by atoms with Crippen molar-refractivity contribution < 1.29 is 4.79 Å². The number of amides is 1. The van der Waals surface area contributed by atoms with Gasteiger partial charge in [-0.2, -0.15) is 0 Å². The lowest BCUT2D eigenvalue weighted by Crippen LogP contribution is -2.29. The maximum atomic E-state index is 12.6. The Morgan fingerprint density at radius 1 is 1.19 bits per heavy atom. The zero-order valence-electron chi connectivity index (χ0n) is 12.2. The molecular formula is C17H17BrClNO. The van der Waals surface area contributed by atoms with Gasteiger partial charge in [0, 0.05) is 22.1 Å². The van der Waals surface area contributed by atoms with Crippen molar-refractivity contribution in [1.29, 1.82) is 0 Å². The van der Waals surface area contributed by atoms with Gasteiger partial charge in [0.05, 0.1) is 6.04 Å². The Bertz CT molecular complexity index is 634. The molecule has 0 saturated carbocycles. The van der Waals surface area contributed by atoms with Gasteiger partial charge in [0.25, 0.3) is 5.91 Å². The van der Waals surface area contributed by atoms with Crippen LogP contribution in [0.15, 0.2) is 46.9 Å². The molecule has 2 aromatic rings. The maximum absolute atomic E-state index is 12.6. The third kappa shape index (κ3) is 3.86. The summed E-state index contributed by atoms with van der Waals surface area (Å²) < 4.78 is 0.801. The third-order valence-corrected chi connectivity index (χ3v) is 4.25. The third-order valence-electron chi connectivity index (χ3n) is 3.57. The molecule has 0 aromatic heterocycles. The van der Waals surface area contributed by atoms with Crippen molar-refractivity contribution in [2.24, 2.45) is 0 Å². The van der Waals surface area contributed by atoms with Crippen LogP contribution in [0.4, 0.5) is 0 Å². The summed E-state index contributed by atoms with van der Waals surface area (Å²) in [6.07, 6.45) is 0. The van der Waals surface area contributed by atoms with E-state index in [1.165, 1.54) is 5.56 Å². The molecule has 1 unspecified atom stereocenters. The molecule has 0 N–H and O–H groups in total. The number of carbonyl (C=O) groups excluding carboxylic acids is 1. The van der Waals surface area contributed by atoms with Gasteiger partial charge < -0.3 is 4.90 Å². The van der Waals surface area contributed by atoms with E-state index in [2.05, 4.69) is 40.2 Å². The Kier molecular flexibility index (Phi) is 5.07. The number of halogens is 2. The fraction of sp³-hybridized carbons (Fsp3) is 0.235. The van der Waals surface area contributed by atoms with Gasteiger partial charge in [-0.25, -0.2) is 0 Å². The molecule has 110 valence electrons. The normalized spacial score (nSPS) is 12.0. The molecule has 0 heterocycles. The number of rotatable bonds is 3. The fourth-order valence-corrected chi connectivity index (χ4v) is 2.99. The number of hydrogen-bond acceptors (Lipinski definition) is 1. The molecule has 4 heteroatoms. The lowest BCUT2D eigenvalue weighted by atomic mass is 10.0. The van der Waals surface area contributed by atoms with Crippen molar-refractivity contribution in [3.8, 4) is 0 Å². The summed E-state index contributed by atoms with van der Waals surface area (Å²) in [6.45, 7) is 4.06. The average Bonchev–Trinajstić information content (AvgIpc) is 2.44. The lowest BCUT2D eigenvalue weighted by molar-refractivity contribution is 0.0742. The summed E-state index contributed by atoms with van der Waals surface area (Å²) in [5.41, 5.74) is 2.90. The van der Waals surface area contributed by atoms with Gasteiger partial charge >= 0.3 is 0 Å². The molecule has 0 aliphatic carbocycles. The number of benzene rings is 2. The van der Waals surface area contributed by atoms with E-state index < -0.39 is 0 Å². The van der Waals surface area contributed by atoms with Gasteiger partial charge in [-0.05, 0) is 37.6 Å². The molecule has 0 saturated heterocycles. The predicted molar refractivity (Wildman–Crippen MR) is 90.8 cm³/mol. The monoisotopic (exact) mass is 365 g/mol. The Labute approximate surface area is 138 Å². The molecule has 2 aromatic carbocycles. The van der Waals surface area contributed by atoms with Crippen molar-refractivity contribution in [3.05, 3.63) is 68.7 Å². The molecule has 0 aliphatic heterocycles. The Hall–Kier alpha value is -1.32. The smallest absolute Gasteiger partial charge is 0.254 e. The van der Waals surface area contributed by atoms with Crippen molar-refractivity contribution >= 4 is 33.4 Å². The number of carbonyl (C=O) groups is 1. The van der Waals surface area contributed by atoms with Crippen LogP contribution in [0.25, 0.3) is 0 Å². The maximum Gasteiger partial charge on any atom is 0.254 e. The molecule has 0 spiro atoms. The number of hydrogen-bond donors (Lipinski definition) is 0. The van der Waals surface area contributed by atoms with Crippen molar-refractivity contribution in [3.63, 3.8) is 0 Å². The molecule has 2 nitrogen and oxygen atoms in total. The van der Waals surface area contributed by atoms with E-state index in [9.17, 15) is 4.79 Å². The van der Waals surface area contributed by atoms with E-state index in [-0.39, 0.29) is 11.9 Å². The van der Waals surface area contributed by atoms with Crippen LogP contribution in [0.2, 0.25) is 5.02 Å². The summed E-state index contributed by atoms with van der Waals surface area (Å²) in [7, 11) is 1.81. The summed E-state index contributed by atoms with van der Waals surface area (Å²) >= 11 is 9.38. The first-order chi connectivity index (χ1) is 9.88. The van der Waals surface area contributed by atoms with Gasteiger partial charge in [0.2, 0.25) is 0 Å². The van der Waals surface area contributed by atoms with Gasteiger partial charge in [-0.15, -0.1) is 0 Å². The Morgan fingerprint density at radius 3 is 2.38 bits per heavy atom. The van der Waals surface area contributed by atoms with E-state index in [1.54, 1.807) is 23.1 Å². The van der Waals surface area contributed by atoms with Crippen LogP contribution >= 0.6 is 27.5 Å². The molecule has 0 bridgehead atoms. The second-order valence-electron chi connectivity index (χ2n) is 5.16. The Morgan fingerprint density at radius 2 is 1.81 bits per heavy atom. The highest BCUT2D eigenvalue weighted by atomic mass is 79.9. The average molecular weight is 367 g/mol. The molecule has 0 fully saturated rings. The van der Waals surface area contributed by atoms with Gasteiger partial charge in [-0.3, -0.25) is 4.79 Å². The highest BCUT2D eigenvalue weighted by Gasteiger charge is 2.19. The fourth-order valence-electron chi connectivity index (χ4n) is 2.13. The van der Waals surface area contributed by atoms with E-state index in [1.807, 2.05) is 20.9 Å². The van der Waals surface area contributed by atoms with E-state index in [0.29, 0.717) is 10.6 Å². The minimum atomic E-state index is -0.0497. The number of nitrogens with zero attached hydrogens (tertiary/aromatic N) is 1. The largest absolute Gasteiger partial charge is 0.335 e. The first kappa shape index (κ1) is 16.1. The molecule has 1 amide bonds. The predicted octanol–water partition coefficient (Wildman–Crippen LogP) is 5.24. The van der Waals surface area contributed by atoms with E-state index in [0.717, 1.165) is 10.0 Å². The second kappa shape index (κ2) is 6.63. The van der Waals surface area contributed by atoms with Crippen molar-refractivity contribution in [2.75, 3.05) is 7.05 Å². The highest BCUT2D eigenvalue weighted by molar-refractivity contribution is 9.10. The van der Waals surface area contributed by atoms with Crippen LogP contribution in [0.3, 0.4) is 0 Å². The van der Waals surface area contributed by atoms with Crippen molar-refractivity contribution in [1.82, 2.24) is 4.90 Å². The van der Waals surface area contributed by atoms with Crippen LogP contribution in [0.5, 0.6) is 0 Å². The highest BCUT2D eigenvalue weighted by Crippen LogP contribution is 2.24. The molecule has 0 radical (unpaired) electrons. The minimum absolute atomic E-state index is 0.00384. The van der Waals surface area contributed by atoms with Crippen LogP contribution < -0.4 is 0 Å². The SMILES string of the molecule is Cc1ccc(C(C)N(C)C(=O)c2cc(Cl)cc(Br)c2)cc1. The first-order valence-electron chi connectivity index (χ1n) is 6.68. The molecule has 2 rings (SSSR count). The first-order valence-corrected chi connectivity index (χ1v) is 7.85. The quantitative estimate of drug-likeness (QED) is 0.727. The molecule has 1 atom stereocenters. The second-order valence-corrected chi connectivity index (χ2v) is 6.51. The molecular weight excluding hydrogens is 350 g/mol. The van der Waals surface area contributed by atoms with Gasteiger partial charge in [0.15, 0.2) is 0 Å². The van der Waals surface area contributed by atoms with Gasteiger partial charge in [-0.1, -0.05) is 57.4 Å². The lowest BCUT2D eigenvalue weighted by Gasteiger charge is -2.25.